The van der Waals surface area contributed by atoms with Gasteiger partial charge in [0.25, 0.3) is 0 Å². The molecule has 1 heteroatoms. The SMILES string of the molecule is C[Te]C1CCCCCCC1. The summed E-state index contributed by atoms with van der Waals surface area (Å²) in [4.78, 5) is 2.47. The molecule has 0 amide bonds. The van der Waals surface area contributed by atoms with Gasteiger partial charge in [0.1, 0.15) is 0 Å². The fourth-order valence-electron chi connectivity index (χ4n) is 1.65. The molecule has 1 aliphatic carbocycles. The van der Waals surface area contributed by atoms with Crippen molar-refractivity contribution in [2.24, 2.45) is 0 Å². The third kappa shape index (κ3) is 3.26. The molecular weight excluding hydrogens is 236 g/mol. The molecule has 10 heavy (non-hydrogen) atoms. The Kier molecular flexibility index (Phi) is 4.83. The second-order valence-corrected chi connectivity index (χ2v) is 6.45. The molecule has 0 saturated heterocycles. The normalized spacial score (nSPS) is 23.7. The molecule has 0 aliphatic heterocycles. The summed E-state index contributed by atoms with van der Waals surface area (Å²) in [5.41, 5.74) is 0. The zero-order valence-corrected chi connectivity index (χ0v) is 9.27. The third-order valence-corrected chi connectivity index (χ3v) is 5.63. The van der Waals surface area contributed by atoms with Gasteiger partial charge in [0, 0.05) is 0 Å². The van der Waals surface area contributed by atoms with E-state index in [0.717, 1.165) is 0 Å². The van der Waals surface area contributed by atoms with E-state index in [4.69, 9.17) is 0 Å². The molecule has 1 aliphatic rings. The van der Waals surface area contributed by atoms with Gasteiger partial charge in [0.05, 0.1) is 0 Å². The van der Waals surface area contributed by atoms with Gasteiger partial charge in [0.15, 0.2) is 0 Å². The van der Waals surface area contributed by atoms with Gasteiger partial charge in [-0.25, -0.2) is 0 Å². The second kappa shape index (κ2) is 5.44. The summed E-state index contributed by atoms with van der Waals surface area (Å²) in [5, 5.41) is 0. The molecule has 0 radical (unpaired) electrons. The van der Waals surface area contributed by atoms with Crippen molar-refractivity contribution in [3.8, 4) is 0 Å². The van der Waals surface area contributed by atoms with Gasteiger partial charge in [-0.3, -0.25) is 0 Å². The van der Waals surface area contributed by atoms with E-state index < -0.39 is 0 Å². The van der Waals surface area contributed by atoms with Gasteiger partial charge in [-0.05, 0) is 0 Å². The van der Waals surface area contributed by atoms with E-state index in [1.54, 1.807) is 12.8 Å². The molecular formula is C9H18Te. The third-order valence-electron chi connectivity index (χ3n) is 2.39. The van der Waals surface area contributed by atoms with Crippen molar-refractivity contribution < 1.29 is 0 Å². The monoisotopic (exact) mass is 256 g/mol. The maximum absolute atomic E-state index is 2.47. The van der Waals surface area contributed by atoms with Gasteiger partial charge in [-0.2, -0.15) is 0 Å². The van der Waals surface area contributed by atoms with Crippen LogP contribution >= 0.6 is 0 Å². The molecule has 60 valence electrons. The summed E-state index contributed by atoms with van der Waals surface area (Å²) >= 11 is 0.400. The minimum absolute atomic E-state index is 0.400. The molecule has 1 saturated carbocycles. The van der Waals surface area contributed by atoms with Crippen LogP contribution in [0.3, 0.4) is 0 Å². The van der Waals surface area contributed by atoms with Crippen LogP contribution in [0.4, 0.5) is 0 Å². The zero-order chi connectivity index (χ0) is 7.23. The summed E-state index contributed by atoms with van der Waals surface area (Å²) in [6.45, 7) is 0. The summed E-state index contributed by atoms with van der Waals surface area (Å²) in [7, 11) is 0. The fourth-order valence-corrected chi connectivity index (χ4v) is 3.95. The van der Waals surface area contributed by atoms with Crippen LogP contribution in [0.5, 0.6) is 0 Å². The van der Waals surface area contributed by atoms with Crippen LogP contribution in [-0.4, -0.2) is 20.9 Å². The van der Waals surface area contributed by atoms with E-state index in [-0.39, 0.29) is 0 Å². The molecule has 1 fully saturated rings. The molecule has 0 bridgehead atoms. The molecule has 0 unspecified atom stereocenters. The molecule has 0 spiro atoms. The molecule has 1 rings (SSSR count). The molecule has 0 N–H and O–H groups in total. The Labute approximate surface area is 74.9 Å². The van der Waals surface area contributed by atoms with Crippen molar-refractivity contribution in [3.63, 3.8) is 0 Å². The van der Waals surface area contributed by atoms with Crippen molar-refractivity contribution >= 4 is 20.9 Å². The predicted octanol–water partition coefficient (Wildman–Crippen LogP) is 3.27. The Bertz CT molecular complexity index is 72.8. The molecule has 0 aromatic carbocycles. The zero-order valence-electron chi connectivity index (χ0n) is 6.94. The van der Waals surface area contributed by atoms with Crippen LogP contribution in [0, 0.1) is 0 Å². The van der Waals surface area contributed by atoms with E-state index in [1.165, 1.54) is 36.1 Å². The van der Waals surface area contributed by atoms with Gasteiger partial charge in [-0.15, -0.1) is 0 Å². The first-order valence-corrected chi connectivity index (χ1v) is 8.14. The van der Waals surface area contributed by atoms with E-state index in [1.807, 2.05) is 0 Å². The topological polar surface area (TPSA) is 0 Å². The van der Waals surface area contributed by atoms with E-state index in [0.29, 0.717) is 20.9 Å². The van der Waals surface area contributed by atoms with Crippen LogP contribution in [0.1, 0.15) is 44.9 Å². The first kappa shape index (κ1) is 8.88. The first-order chi connectivity index (χ1) is 4.93. The standard InChI is InChI=1S/C9H18Te/c1-10-9-7-5-3-2-4-6-8-9/h9H,2-8H2,1H3. The molecule has 0 atom stereocenters. The summed E-state index contributed by atoms with van der Waals surface area (Å²) in [5.74, 6) is 0. The van der Waals surface area contributed by atoms with Crippen molar-refractivity contribution in [1.82, 2.24) is 0 Å². The quantitative estimate of drug-likeness (QED) is 0.630. The van der Waals surface area contributed by atoms with E-state index in [9.17, 15) is 0 Å². The Morgan fingerprint density at radius 2 is 1.40 bits per heavy atom. The molecule has 0 heterocycles. The average Bonchev–Trinajstić information content (AvgIpc) is 1.87. The van der Waals surface area contributed by atoms with Crippen molar-refractivity contribution in [1.29, 1.82) is 0 Å². The first-order valence-electron chi connectivity index (χ1n) is 4.46. The Balaban J connectivity index is 2.16. The number of hydrogen-bond donors (Lipinski definition) is 0. The van der Waals surface area contributed by atoms with Crippen molar-refractivity contribution in [2.75, 3.05) is 0 Å². The van der Waals surface area contributed by atoms with Crippen LogP contribution in [0.25, 0.3) is 0 Å². The summed E-state index contributed by atoms with van der Waals surface area (Å²) < 4.78 is 1.20. The number of hydrogen-bond acceptors (Lipinski definition) is 0. The maximum atomic E-state index is 2.47. The summed E-state index contributed by atoms with van der Waals surface area (Å²) in [6.07, 6.45) is 10.7. The van der Waals surface area contributed by atoms with E-state index in [2.05, 4.69) is 4.97 Å². The fraction of sp³-hybridized carbons (Fsp3) is 1.00. The van der Waals surface area contributed by atoms with Crippen LogP contribution < -0.4 is 0 Å². The molecule has 0 aromatic heterocycles. The Hall–Kier alpha value is 0.790. The van der Waals surface area contributed by atoms with Crippen LogP contribution in [-0.2, 0) is 0 Å². The minimum atomic E-state index is 0.400. The average molecular weight is 254 g/mol. The second-order valence-electron chi connectivity index (χ2n) is 3.20. The van der Waals surface area contributed by atoms with Crippen molar-refractivity contribution in [3.05, 3.63) is 0 Å². The van der Waals surface area contributed by atoms with Crippen LogP contribution in [0.15, 0.2) is 0 Å². The number of rotatable bonds is 1. The van der Waals surface area contributed by atoms with Gasteiger partial charge >= 0.3 is 74.8 Å². The van der Waals surface area contributed by atoms with Crippen molar-refractivity contribution in [2.45, 2.75) is 53.9 Å². The molecule has 0 nitrogen and oxygen atoms in total. The summed E-state index contributed by atoms with van der Waals surface area (Å²) in [6, 6.07) is 0. The van der Waals surface area contributed by atoms with Gasteiger partial charge in [-0.1, -0.05) is 0 Å². The van der Waals surface area contributed by atoms with E-state index >= 15 is 0 Å². The van der Waals surface area contributed by atoms with Gasteiger partial charge < -0.3 is 0 Å². The Morgan fingerprint density at radius 1 is 0.900 bits per heavy atom. The van der Waals surface area contributed by atoms with Crippen LogP contribution in [0.2, 0.25) is 8.94 Å². The van der Waals surface area contributed by atoms with Gasteiger partial charge in [0.2, 0.25) is 0 Å². The predicted molar refractivity (Wildman–Crippen MR) is 47.7 cm³/mol. The Morgan fingerprint density at radius 3 is 1.90 bits per heavy atom. The molecule has 0 aromatic rings.